The van der Waals surface area contributed by atoms with Crippen LogP contribution >= 0.6 is 0 Å². The van der Waals surface area contributed by atoms with Crippen LogP contribution in [-0.4, -0.2) is 40.4 Å². The molecule has 0 aliphatic rings. The highest BCUT2D eigenvalue weighted by Gasteiger charge is 2.14. The third-order valence-electron chi connectivity index (χ3n) is 4.50. The summed E-state index contributed by atoms with van der Waals surface area (Å²) in [6.07, 6.45) is 5.00. The number of nitrogens with zero attached hydrogens (tertiary/aromatic N) is 2. The van der Waals surface area contributed by atoms with Gasteiger partial charge in [-0.15, -0.1) is 6.58 Å². The average Bonchev–Trinajstić information content (AvgIpc) is 3.35. The van der Waals surface area contributed by atoms with Crippen LogP contribution in [0.25, 0.3) is 0 Å². The predicted octanol–water partition coefficient (Wildman–Crippen LogP) is 3.70. The van der Waals surface area contributed by atoms with Crippen molar-refractivity contribution in [2.24, 2.45) is 0 Å². The molecule has 0 amide bonds. The van der Waals surface area contributed by atoms with Crippen molar-refractivity contribution < 1.29 is 14.3 Å². The Balaban J connectivity index is 1.52. The molecular formula is C23H28N2O3. The third kappa shape index (κ3) is 6.23. The van der Waals surface area contributed by atoms with Crippen LogP contribution in [-0.2, 0) is 24.4 Å². The molecule has 0 unspecified atom stereocenters. The normalized spacial score (nSPS) is 12.4. The van der Waals surface area contributed by atoms with Crippen LogP contribution in [0.15, 0.2) is 84.1 Å². The van der Waals surface area contributed by atoms with Crippen molar-refractivity contribution in [3.05, 3.63) is 96.7 Å². The molecule has 0 spiro atoms. The standard InChI is InChI=1S/C23H28N2O3/c1-2-12-24(17-22(26)18-27-19-23-11-7-14-28-23)16-21-10-6-13-25(21)15-20-8-4-3-5-9-20/h2-11,13-14,22,26H,1,12,15-19H2/t22-/m1/s1. The number of ether oxygens (including phenoxy) is 1. The lowest BCUT2D eigenvalue weighted by Gasteiger charge is -2.24. The van der Waals surface area contributed by atoms with Gasteiger partial charge >= 0.3 is 0 Å². The maximum Gasteiger partial charge on any atom is 0.129 e. The minimum Gasteiger partial charge on any atom is -0.467 e. The number of rotatable bonds is 12. The van der Waals surface area contributed by atoms with Gasteiger partial charge in [-0.2, -0.15) is 0 Å². The molecule has 3 rings (SSSR count). The van der Waals surface area contributed by atoms with Crippen molar-refractivity contribution in [2.45, 2.75) is 25.8 Å². The van der Waals surface area contributed by atoms with E-state index in [1.54, 1.807) is 6.26 Å². The van der Waals surface area contributed by atoms with E-state index in [9.17, 15) is 5.11 Å². The van der Waals surface area contributed by atoms with E-state index < -0.39 is 6.10 Å². The van der Waals surface area contributed by atoms with E-state index in [2.05, 4.69) is 58.6 Å². The minimum atomic E-state index is -0.576. The second-order valence-corrected chi connectivity index (χ2v) is 6.84. The van der Waals surface area contributed by atoms with Gasteiger partial charge in [0.05, 0.1) is 19.0 Å². The fourth-order valence-corrected chi connectivity index (χ4v) is 3.18. The van der Waals surface area contributed by atoms with Gasteiger partial charge in [0.25, 0.3) is 0 Å². The summed E-state index contributed by atoms with van der Waals surface area (Å²) in [7, 11) is 0. The molecule has 0 aliphatic carbocycles. The Morgan fingerprint density at radius 3 is 2.75 bits per heavy atom. The van der Waals surface area contributed by atoms with Crippen LogP contribution in [0.3, 0.4) is 0 Å². The zero-order chi connectivity index (χ0) is 19.6. The first-order chi connectivity index (χ1) is 13.7. The average molecular weight is 380 g/mol. The van der Waals surface area contributed by atoms with Gasteiger partial charge in [0.2, 0.25) is 0 Å². The number of aliphatic hydroxyl groups excluding tert-OH is 1. The molecule has 2 aromatic heterocycles. The first-order valence-electron chi connectivity index (χ1n) is 9.54. The number of aliphatic hydroxyl groups is 1. The molecule has 148 valence electrons. The van der Waals surface area contributed by atoms with Crippen LogP contribution in [0.5, 0.6) is 0 Å². The van der Waals surface area contributed by atoms with Gasteiger partial charge < -0.3 is 18.8 Å². The van der Waals surface area contributed by atoms with Gasteiger partial charge in [0.1, 0.15) is 12.4 Å². The summed E-state index contributed by atoms with van der Waals surface area (Å²) in [6, 6.07) is 18.3. The summed E-state index contributed by atoms with van der Waals surface area (Å²) in [5, 5.41) is 10.4. The van der Waals surface area contributed by atoms with Crippen LogP contribution in [0.1, 0.15) is 17.0 Å². The largest absolute Gasteiger partial charge is 0.467 e. The molecule has 1 N–H and O–H groups in total. The highest BCUT2D eigenvalue weighted by molar-refractivity contribution is 5.17. The maximum absolute atomic E-state index is 10.4. The highest BCUT2D eigenvalue weighted by Crippen LogP contribution is 2.11. The van der Waals surface area contributed by atoms with Crippen molar-refractivity contribution in [3.8, 4) is 0 Å². The lowest BCUT2D eigenvalue weighted by Crippen LogP contribution is -2.35. The zero-order valence-electron chi connectivity index (χ0n) is 16.1. The zero-order valence-corrected chi connectivity index (χ0v) is 16.1. The molecule has 0 radical (unpaired) electrons. The van der Waals surface area contributed by atoms with Gasteiger partial charge in [0.15, 0.2) is 0 Å². The Labute approximate surface area is 166 Å². The van der Waals surface area contributed by atoms with Crippen molar-refractivity contribution >= 4 is 0 Å². The Kier molecular flexibility index (Phi) is 7.67. The predicted molar refractivity (Wildman–Crippen MR) is 110 cm³/mol. The van der Waals surface area contributed by atoms with E-state index in [-0.39, 0.29) is 6.61 Å². The fourth-order valence-electron chi connectivity index (χ4n) is 3.18. The first-order valence-corrected chi connectivity index (χ1v) is 9.54. The van der Waals surface area contributed by atoms with E-state index >= 15 is 0 Å². The Hall–Kier alpha value is -2.60. The SMILES string of the molecule is C=CCN(Cc1cccn1Cc1ccccc1)C[C@@H](O)COCc1ccco1. The molecular weight excluding hydrogens is 352 g/mol. The second kappa shape index (κ2) is 10.7. The summed E-state index contributed by atoms with van der Waals surface area (Å²) in [4.78, 5) is 2.17. The number of hydrogen-bond donors (Lipinski definition) is 1. The second-order valence-electron chi connectivity index (χ2n) is 6.84. The number of furan rings is 1. The fraction of sp³-hybridized carbons (Fsp3) is 0.304. The molecule has 0 fully saturated rings. The van der Waals surface area contributed by atoms with Gasteiger partial charge in [-0.1, -0.05) is 36.4 Å². The van der Waals surface area contributed by atoms with Crippen LogP contribution in [0.4, 0.5) is 0 Å². The minimum absolute atomic E-state index is 0.263. The molecule has 28 heavy (non-hydrogen) atoms. The number of hydrogen-bond acceptors (Lipinski definition) is 4. The Morgan fingerprint density at radius 2 is 2.00 bits per heavy atom. The molecule has 0 bridgehead atoms. The molecule has 1 aromatic carbocycles. The van der Waals surface area contributed by atoms with E-state index in [0.717, 1.165) is 18.8 Å². The van der Waals surface area contributed by atoms with Crippen molar-refractivity contribution in [1.82, 2.24) is 9.47 Å². The molecule has 3 aromatic rings. The van der Waals surface area contributed by atoms with Gasteiger partial charge in [-0.3, -0.25) is 4.90 Å². The summed E-state index contributed by atoms with van der Waals surface area (Å²) in [6.45, 7) is 7.26. The quantitative estimate of drug-likeness (QED) is 0.487. The number of benzene rings is 1. The summed E-state index contributed by atoms with van der Waals surface area (Å²) >= 11 is 0. The van der Waals surface area contributed by atoms with Crippen molar-refractivity contribution in [2.75, 3.05) is 19.7 Å². The molecule has 5 heteroatoms. The lowest BCUT2D eigenvalue weighted by molar-refractivity contribution is 0.00532. The van der Waals surface area contributed by atoms with Crippen LogP contribution in [0, 0.1) is 0 Å². The van der Waals surface area contributed by atoms with E-state index in [1.807, 2.05) is 24.3 Å². The van der Waals surface area contributed by atoms with Crippen LogP contribution < -0.4 is 0 Å². The van der Waals surface area contributed by atoms with E-state index in [1.165, 1.54) is 11.3 Å². The lowest BCUT2D eigenvalue weighted by atomic mass is 10.2. The monoisotopic (exact) mass is 380 g/mol. The first kappa shape index (κ1) is 20.1. The Bertz CT molecular complexity index is 812. The highest BCUT2D eigenvalue weighted by atomic mass is 16.5. The van der Waals surface area contributed by atoms with E-state index in [4.69, 9.17) is 9.15 Å². The summed E-state index contributed by atoms with van der Waals surface area (Å²) < 4.78 is 13.0. The maximum atomic E-state index is 10.4. The third-order valence-corrected chi connectivity index (χ3v) is 4.50. The molecule has 0 saturated heterocycles. The van der Waals surface area contributed by atoms with Gasteiger partial charge in [-0.05, 0) is 29.8 Å². The van der Waals surface area contributed by atoms with Crippen molar-refractivity contribution in [1.29, 1.82) is 0 Å². The molecule has 2 heterocycles. The molecule has 5 nitrogen and oxygen atoms in total. The Morgan fingerprint density at radius 1 is 1.14 bits per heavy atom. The molecule has 1 atom stereocenters. The topological polar surface area (TPSA) is 50.8 Å². The van der Waals surface area contributed by atoms with Crippen molar-refractivity contribution in [3.63, 3.8) is 0 Å². The molecule has 0 aliphatic heterocycles. The summed E-state index contributed by atoms with van der Waals surface area (Å²) in [5.41, 5.74) is 2.47. The molecule has 0 saturated carbocycles. The summed E-state index contributed by atoms with van der Waals surface area (Å²) in [5.74, 6) is 0.758. The van der Waals surface area contributed by atoms with Gasteiger partial charge in [0, 0.05) is 38.1 Å². The smallest absolute Gasteiger partial charge is 0.129 e. The number of aromatic nitrogens is 1. The van der Waals surface area contributed by atoms with E-state index in [0.29, 0.717) is 19.7 Å². The van der Waals surface area contributed by atoms with Gasteiger partial charge in [-0.25, -0.2) is 0 Å². The van der Waals surface area contributed by atoms with Crippen LogP contribution in [0.2, 0.25) is 0 Å².